The molecule has 0 saturated carbocycles. The van der Waals surface area contributed by atoms with Gasteiger partial charge in [-0.2, -0.15) is 5.10 Å². The molecule has 2 amide bonds. The first-order valence-electron chi connectivity index (χ1n) is 9.01. The van der Waals surface area contributed by atoms with E-state index >= 15 is 0 Å². The number of rotatable bonds is 5. The van der Waals surface area contributed by atoms with Gasteiger partial charge >= 0.3 is 0 Å². The predicted octanol–water partition coefficient (Wildman–Crippen LogP) is 4.00. The van der Waals surface area contributed by atoms with E-state index in [0.29, 0.717) is 27.5 Å². The third kappa shape index (κ3) is 4.50. The molecule has 0 aliphatic heterocycles. The van der Waals surface area contributed by atoms with Gasteiger partial charge in [0.15, 0.2) is 0 Å². The van der Waals surface area contributed by atoms with Crippen LogP contribution in [0.4, 0.5) is 11.4 Å². The average Bonchev–Trinajstić information content (AvgIpc) is 3.30. The fourth-order valence-corrected chi connectivity index (χ4v) is 3.42. The molecule has 0 fully saturated rings. The first kappa shape index (κ1) is 19.3. The summed E-state index contributed by atoms with van der Waals surface area (Å²) < 4.78 is 0. The number of nitrogens with one attached hydrogen (secondary N) is 3. The number of aromatic amines is 1. The zero-order chi connectivity index (χ0) is 20.9. The Hall–Kier alpha value is -4.04. The monoisotopic (exact) mass is 416 g/mol. The van der Waals surface area contributed by atoms with Crippen molar-refractivity contribution in [2.24, 2.45) is 0 Å². The molecule has 0 saturated heterocycles. The molecule has 30 heavy (non-hydrogen) atoms. The highest BCUT2D eigenvalue weighted by atomic mass is 32.1. The van der Waals surface area contributed by atoms with Crippen LogP contribution in [0.5, 0.6) is 0 Å². The number of carbonyl (C=O) groups excluding carboxylic acids is 2. The normalized spacial score (nSPS) is 10.4. The van der Waals surface area contributed by atoms with Crippen LogP contribution in [0.1, 0.15) is 20.0 Å². The standard InChI is InChI=1S/C22H16N4O3S/c27-20-10-9-18(25-26-20)14-4-1-6-16(12-14)23-21(28)15-5-2-7-17(13-15)24-22(29)19-8-3-11-30-19/h1-13H,(H,23,28)(H,24,29)(H,26,27). The van der Waals surface area contributed by atoms with Gasteiger partial charge in [-0.3, -0.25) is 14.4 Å². The number of hydrogen-bond donors (Lipinski definition) is 3. The SMILES string of the molecule is O=C(Nc1cccc(-c2ccc(=O)[nH]n2)c1)c1cccc(NC(=O)c2cccs2)c1. The molecule has 0 spiro atoms. The van der Waals surface area contributed by atoms with Gasteiger partial charge in [-0.1, -0.05) is 24.3 Å². The lowest BCUT2D eigenvalue weighted by Crippen LogP contribution is -2.14. The van der Waals surface area contributed by atoms with Crippen molar-refractivity contribution in [3.8, 4) is 11.3 Å². The van der Waals surface area contributed by atoms with E-state index in [4.69, 9.17) is 0 Å². The molecule has 2 aromatic heterocycles. The third-order valence-corrected chi connectivity index (χ3v) is 5.09. The van der Waals surface area contributed by atoms with E-state index in [1.54, 1.807) is 60.7 Å². The van der Waals surface area contributed by atoms with Gasteiger partial charge in [0.25, 0.3) is 17.4 Å². The predicted molar refractivity (Wildman–Crippen MR) is 117 cm³/mol. The maximum absolute atomic E-state index is 12.7. The summed E-state index contributed by atoms with van der Waals surface area (Å²) in [5, 5.41) is 13.8. The number of carbonyl (C=O) groups is 2. The Kier molecular flexibility index (Phi) is 5.49. The zero-order valence-electron chi connectivity index (χ0n) is 15.6. The highest BCUT2D eigenvalue weighted by molar-refractivity contribution is 7.12. The van der Waals surface area contributed by atoms with Crippen LogP contribution >= 0.6 is 11.3 Å². The number of amides is 2. The van der Waals surface area contributed by atoms with E-state index in [1.165, 1.54) is 17.4 Å². The number of benzene rings is 2. The lowest BCUT2D eigenvalue weighted by Gasteiger charge is -2.09. The molecule has 0 bridgehead atoms. The second-order valence-electron chi connectivity index (χ2n) is 6.35. The molecule has 2 heterocycles. The van der Waals surface area contributed by atoms with Crippen LogP contribution in [0.25, 0.3) is 11.3 Å². The third-order valence-electron chi connectivity index (χ3n) is 4.22. The van der Waals surface area contributed by atoms with Crippen molar-refractivity contribution in [1.82, 2.24) is 10.2 Å². The van der Waals surface area contributed by atoms with Crippen molar-refractivity contribution >= 4 is 34.5 Å². The number of anilines is 2. The highest BCUT2D eigenvalue weighted by Gasteiger charge is 2.11. The minimum absolute atomic E-state index is 0.219. The molecule has 4 aromatic rings. The maximum Gasteiger partial charge on any atom is 0.265 e. The summed E-state index contributed by atoms with van der Waals surface area (Å²) in [6.07, 6.45) is 0. The van der Waals surface area contributed by atoms with E-state index in [0.717, 1.165) is 5.56 Å². The van der Waals surface area contributed by atoms with Crippen LogP contribution in [0.15, 0.2) is 83.0 Å². The van der Waals surface area contributed by atoms with Gasteiger partial charge in [0.1, 0.15) is 0 Å². The van der Waals surface area contributed by atoms with E-state index in [-0.39, 0.29) is 17.4 Å². The molecule has 3 N–H and O–H groups in total. The van der Waals surface area contributed by atoms with Gasteiger partial charge in [0.05, 0.1) is 10.6 Å². The van der Waals surface area contributed by atoms with Crippen LogP contribution in [-0.2, 0) is 0 Å². The van der Waals surface area contributed by atoms with Gasteiger partial charge in [0, 0.05) is 28.6 Å². The Labute approximate surface area is 175 Å². The smallest absolute Gasteiger partial charge is 0.265 e. The van der Waals surface area contributed by atoms with Crippen molar-refractivity contribution < 1.29 is 9.59 Å². The van der Waals surface area contributed by atoms with Crippen molar-refractivity contribution in [3.05, 3.63) is 99.0 Å². The van der Waals surface area contributed by atoms with Crippen molar-refractivity contribution in [3.63, 3.8) is 0 Å². The molecule has 0 unspecified atom stereocenters. The Bertz CT molecular complexity index is 1240. The molecule has 148 valence electrons. The largest absolute Gasteiger partial charge is 0.322 e. The molecule has 0 atom stereocenters. The molecule has 0 aliphatic carbocycles. The van der Waals surface area contributed by atoms with Crippen LogP contribution in [0.2, 0.25) is 0 Å². The number of hydrogen-bond acceptors (Lipinski definition) is 5. The number of nitrogens with zero attached hydrogens (tertiary/aromatic N) is 1. The van der Waals surface area contributed by atoms with Crippen molar-refractivity contribution in [1.29, 1.82) is 0 Å². The lowest BCUT2D eigenvalue weighted by atomic mass is 10.1. The molecule has 0 aliphatic rings. The minimum atomic E-state index is -0.311. The van der Waals surface area contributed by atoms with Crippen LogP contribution in [0.3, 0.4) is 0 Å². The quantitative estimate of drug-likeness (QED) is 0.457. The number of thiophene rings is 1. The van der Waals surface area contributed by atoms with Crippen LogP contribution < -0.4 is 16.2 Å². The molecular weight excluding hydrogens is 400 g/mol. The second-order valence-corrected chi connectivity index (χ2v) is 7.30. The van der Waals surface area contributed by atoms with E-state index in [2.05, 4.69) is 20.8 Å². The Balaban J connectivity index is 1.49. The van der Waals surface area contributed by atoms with Crippen molar-refractivity contribution in [2.45, 2.75) is 0 Å². The first-order valence-corrected chi connectivity index (χ1v) is 9.89. The Morgan fingerprint density at radius 2 is 1.60 bits per heavy atom. The van der Waals surface area contributed by atoms with E-state index in [1.807, 2.05) is 11.4 Å². The summed E-state index contributed by atoms with van der Waals surface area (Å²) in [6, 6.07) is 20.4. The molecule has 7 nitrogen and oxygen atoms in total. The highest BCUT2D eigenvalue weighted by Crippen LogP contribution is 2.21. The number of aromatic nitrogens is 2. The van der Waals surface area contributed by atoms with Crippen molar-refractivity contribution in [2.75, 3.05) is 10.6 Å². The summed E-state index contributed by atoms with van der Waals surface area (Å²) in [5.41, 5.74) is 2.58. The zero-order valence-corrected chi connectivity index (χ0v) is 16.4. The van der Waals surface area contributed by atoms with E-state index in [9.17, 15) is 14.4 Å². The molecule has 8 heteroatoms. The maximum atomic E-state index is 12.7. The summed E-state index contributed by atoms with van der Waals surface area (Å²) >= 11 is 1.35. The van der Waals surface area contributed by atoms with Gasteiger partial charge in [-0.25, -0.2) is 5.10 Å². The summed E-state index contributed by atoms with van der Waals surface area (Å²) in [4.78, 5) is 36.7. The first-order chi connectivity index (χ1) is 14.6. The fourth-order valence-electron chi connectivity index (χ4n) is 2.80. The van der Waals surface area contributed by atoms with Gasteiger partial charge in [-0.15, -0.1) is 11.3 Å². The number of H-pyrrole nitrogens is 1. The van der Waals surface area contributed by atoms with Crippen LogP contribution in [0, 0.1) is 0 Å². The van der Waals surface area contributed by atoms with Gasteiger partial charge in [-0.05, 0) is 47.8 Å². The Morgan fingerprint density at radius 3 is 2.33 bits per heavy atom. The second kappa shape index (κ2) is 8.54. The summed E-state index contributed by atoms with van der Waals surface area (Å²) in [6.45, 7) is 0. The van der Waals surface area contributed by atoms with Gasteiger partial charge < -0.3 is 10.6 Å². The lowest BCUT2D eigenvalue weighted by molar-refractivity contribution is 0.101. The van der Waals surface area contributed by atoms with Gasteiger partial charge in [0.2, 0.25) is 0 Å². The summed E-state index contributed by atoms with van der Waals surface area (Å²) in [5.74, 6) is -0.530. The fraction of sp³-hybridized carbons (Fsp3) is 0. The molecule has 0 radical (unpaired) electrons. The Morgan fingerprint density at radius 1 is 0.833 bits per heavy atom. The average molecular weight is 416 g/mol. The minimum Gasteiger partial charge on any atom is -0.322 e. The molecular formula is C22H16N4O3S. The van der Waals surface area contributed by atoms with Crippen LogP contribution in [-0.4, -0.2) is 22.0 Å². The van der Waals surface area contributed by atoms with E-state index < -0.39 is 0 Å². The molecule has 2 aromatic carbocycles. The molecule has 4 rings (SSSR count). The topological polar surface area (TPSA) is 104 Å². The summed E-state index contributed by atoms with van der Waals surface area (Å²) in [7, 11) is 0.